The SMILES string of the molecule is COc1ccc(CN2CCO[C@@H]2c2ccn(-c3ccc(Br)cc3)c2)cc1. The fraction of sp³-hybridized carbons (Fsp3) is 0.238. The minimum atomic E-state index is -0.00574. The van der Waals surface area contributed by atoms with Gasteiger partial charge in [-0.05, 0) is 48.0 Å². The van der Waals surface area contributed by atoms with Crippen LogP contribution in [-0.4, -0.2) is 29.7 Å². The summed E-state index contributed by atoms with van der Waals surface area (Å²) in [6, 6.07) is 18.7. The molecular weight excluding hydrogens is 392 g/mol. The molecule has 1 aliphatic heterocycles. The second kappa shape index (κ2) is 7.66. The van der Waals surface area contributed by atoms with Crippen molar-refractivity contribution in [1.29, 1.82) is 0 Å². The third-order valence-electron chi connectivity index (χ3n) is 4.66. The van der Waals surface area contributed by atoms with Crippen LogP contribution >= 0.6 is 15.9 Å². The van der Waals surface area contributed by atoms with Gasteiger partial charge in [0.1, 0.15) is 12.0 Å². The first-order chi connectivity index (χ1) is 12.7. The first-order valence-electron chi connectivity index (χ1n) is 8.65. The van der Waals surface area contributed by atoms with Crippen LogP contribution < -0.4 is 4.74 Å². The molecular formula is C21H21BrN2O2. The molecule has 1 aromatic heterocycles. The molecule has 1 saturated heterocycles. The lowest BCUT2D eigenvalue weighted by molar-refractivity contribution is 0.0288. The van der Waals surface area contributed by atoms with Crippen LogP contribution in [0.25, 0.3) is 5.69 Å². The monoisotopic (exact) mass is 412 g/mol. The molecule has 4 rings (SSSR count). The predicted octanol–water partition coefficient (Wildman–Crippen LogP) is 4.78. The van der Waals surface area contributed by atoms with E-state index in [2.05, 4.69) is 80.3 Å². The molecule has 0 unspecified atom stereocenters. The van der Waals surface area contributed by atoms with Crippen molar-refractivity contribution in [2.24, 2.45) is 0 Å². The zero-order chi connectivity index (χ0) is 17.9. The molecule has 0 saturated carbocycles. The van der Waals surface area contributed by atoms with Crippen LogP contribution in [0.3, 0.4) is 0 Å². The summed E-state index contributed by atoms with van der Waals surface area (Å²) in [6.07, 6.45) is 4.24. The molecule has 0 radical (unpaired) electrons. The lowest BCUT2D eigenvalue weighted by Crippen LogP contribution is -2.23. The van der Waals surface area contributed by atoms with Gasteiger partial charge in [0, 0.05) is 41.2 Å². The normalized spacial score (nSPS) is 17.5. The van der Waals surface area contributed by atoms with E-state index in [1.165, 1.54) is 11.1 Å². The Balaban J connectivity index is 1.50. The topological polar surface area (TPSA) is 26.6 Å². The Morgan fingerprint density at radius 3 is 2.58 bits per heavy atom. The lowest BCUT2D eigenvalue weighted by atomic mass is 10.2. The predicted molar refractivity (Wildman–Crippen MR) is 106 cm³/mol. The molecule has 1 atom stereocenters. The molecule has 2 heterocycles. The van der Waals surface area contributed by atoms with E-state index >= 15 is 0 Å². The molecule has 5 heteroatoms. The average Bonchev–Trinajstić information content (AvgIpc) is 3.32. The Bertz CT molecular complexity index is 858. The minimum absolute atomic E-state index is 0.00574. The minimum Gasteiger partial charge on any atom is -0.497 e. The highest BCUT2D eigenvalue weighted by Gasteiger charge is 2.27. The van der Waals surface area contributed by atoms with Crippen molar-refractivity contribution in [1.82, 2.24) is 9.47 Å². The maximum Gasteiger partial charge on any atom is 0.138 e. The van der Waals surface area contributed by atoms with E-state index in [9.17, 15) is 0 Å². The summed E-state index contributed by atoms with van der Waals surface area (Å²) >= 11 is 3.48. The Morgan fingerprint density at radius 2 is 1.85 bits per heavy atom. The zero-order valence-corrected chi connectivity index (χ0v) is 16.2. The van der Waals surface area contributed by atoms with E-state index in [0.717, 1.165) is 35.6 Å². The van der Waals surface area contributed by atoms with Crippen LogP contribution in [0.4, 0.5) is 0 Å². The number of nitrogens with zero attached hydrogens (tertiary/aromatic N) is 2. The summed E-state index contributed by atoms with van der Waals surface area (Å²) in [5.41, 5.74) is 3.58. The Hall–Kier alpha value is -2.08. The summed E-state index contributed by atoms with van der Waals surface area (Å²) in [7, 11) is 1.69. The Morgan fingerprint density at radius 1 is 1.08 bits per heavy atom. The molecule has 26 heavy (non-hydrogen) atoms. The zero-order valence-electron chi connectivity index (χ0n) is 14.6. The Kier molecular flexibility index (Phi) is 5.11. The Labute approximate surface area is 162 Å². The first-order valence-corrected chi connectivity index (χ1v) is 9.45. The van der Waals surface area contributed by atoms with Crippen molar-refractivity contribution in [2.45, 2.75) is 12.8 Å². The van der Waals surface area contributed by atoms with Gasteiger partial charge in [0.05, 0.1) is 13.7 Å². The third-order valence-corrected chi connectivity index (χ3v) is 5.18. The van der Waals surface area contributed by atoms with Gasteiger partial charge in [-0.2, -0.15) is 0 Å². The number of halogens is 1. The number of ether oxygens (including phenoxy) is 2. The van der Waals surface area contributed by atoms with Gasteiger partial charge in [-0.25, -0.2) is 0 Å². The highest BCUT2D eigenvalue weighted by Crippen LogP contribution is 2.30. The maximum atomic E-state index is 6.02. The number of hydrogen-bond acceptors (Lipinski definition) is 3. The van der Waals surface area contributed by atoms with Gasteiger partial charge in [-0.3, -0.25) is 4.90 Å². The van der Waals surface area contributed by atoms with Gasteiger partial charge >= 0.3 is 0 Å². The molecule has 3 aromatic rings. The molecule has 1 aliphatic rings. The number of methoxy groups -OCH3 is 1. The van der Waals surface area contributed by atoms with E-state index in [1.807, 2.05) is 12.1 Å². The maximum absolute atomic E-state index is 6.02. The largest absolute Gasteiger partial charge is 0.497 e. The van der Waals surface area contributed by atoms with E-state index in [1.54, 1.807) is 7.11 Å². The van der Waals surface area contributed by atoms with E-state index in [0.29, 0.717) is 0 Å². The van der Waals surface area contributed by atoms with Crippen molar-refractivity contribution < 1.29 is 9.47 Å². The van der Waals surface area contributed by atoms with Crippen molar-refractivity contribution in [3.8, 4) is 11.4 Å². The molecule has 0 aliphatic carbocycles. The van der Waals surface area contributed by atoms with Crippen LogP contribution in [0.15, 0.2) is 71.5 Å². The molecule has 1 fully saturated rings. The fourth-order valence-corrected chi connectivity index (χ4v) is 3.54. The van der Waals surface area contributed by atoms with Gasteiger partial charge in [-0.1, -0.05) is 28.1 Å². The molecule has 4 nitrogen and oxygen atoms in total. The summed E-state index contributed by atoms with van der Waals surface area (Å²) in [5, 5.41) is 0. The molecule has 134 valence electrons. The molecule has 0 N–H and O–H groups in total. The highest BCUT2D eigenvalue weighted by molar-refractivity contribution is 9.10. The summed E-state index contributed by atoms with van der Waals surface area (Å²) in [6.45, 7) is 2.54. The molecule has 0 bridgehead atoms. The second-order valence-corrected chi connectivity index (χ2v) is 7.29. The van der Waals surface area contributed by atoms with E-state index in [4.69, 9.17) is 9.47 Å². The van der Waals surface area contributed by atoms with Gasteiger partial charge in [0.2, 0.25) is 0 Å². The van der Waals surface area contributed by atoms with Crippen molar-refractivity contribution in [2.75, 3.05) is 20.3 Å². The van der Waals surface area contributed by atoms with Crippen molar-refractivity contribution in [3.63, 3.8) is 0 Å². The molecule has 2 aromatic carbocycles. The van der Waals surface area contributed by atoms with E-state index < -0.39 is 0 Å². The smallest absolute Gasteiger partial charge is 0.138 e. The standard InChI is InChI=1S/C21H21BrN2O2/c1-25-20-8-2-16(3-9-20)14-24-12-13-26-21(24)17-10-11-23(15-17)19-6-4-18(22)5-7-19/h2-11,15,21H,12-14H2,1H3/t21-/m1/s1. The van der Waals surface area contributed by atoms with Gasteiger partial charge in [0.25, 0.3) is 0 Å². The van der Waals surface area contributed by atoms with Crippen LogP contribution in [0.5, 0.6) is 5.75 Å². The van der Waals surface area contributed by atoms with Crippen LogP contribution in [0.2, 0.25) is 0 Å². The van der Waals surface area contributed by atoms with Crippen LogP contribution in [-0.2, 0) is 11.3 Å². The summed E-state index contributed by atoms with van der Waals surface area (Å²) < 4.78 is 14.5. The molecule has 0 spiro atoms. The number of hydrogen-bond donors (Lipinski definition) is 0. The van der Waals surface area contributed by atoms with Gasteiger partial charge in [0.15, 0.2) is 0 Å². The second-order valence-electron chi connectivity index (χ2n) is 6.37. The third kappa shape index (κ3) is 3.70. The number of benzene rings is 2. The van der Waals surface area contributed by atoms with E-state index in [-0.39, 0.29) is 6.23 Å². The van der Waals surface area contributed by atoms with Crippen molar-refractivity contribution >= 4 is 15.9 Å². The van der Waals surface area contributed by atoms with Crippen LogP contribution in [0.1, 0.15) is 17.4 Å². The average molecular weight is 413 g/mol. The first kappa shape index (κ1) is 17.3. The fourth-order valence-electron chi connectivity index (χ4n) is 3.27. The number of aromatic nitrogens is 1. The lowest BCUT2D eigenvalue weighted by Gasteiger charge is -2.22. The van der Waals surface area contributed by atoms with Crippen molar-refractivity contribution in [3.05, 3.63) is 82.6 Å². The van der Waals surface area contributed by atoms with Crippen LogP contribution in [0, 0.1) is 0 Å². The highest BCUT2D eigenvalue weighted by atomic mass is 79.9. The van der Waals surface area contributed by atoms with Gasteiger partial charge < -0.3 is 14.0 Å². The summed E-state index contributed by atoms with van der Waals surface area (Å²) in [4.78, 5) is 2.36. The summed E-state index contributed by atoms with van der Waals surface area (Å²) in [5.74, 6) is 0.884. The quantitative estimate of drug-likeness (QED) is 0.603. The van der Waals surface area contributed by atoms with Gasteiger partial charge in [-0.15, -0.1) is 0 Å². The number of rotatable bonds is 5. The molecule has 0 amide bonds.